The molecule has 0 fully saturated rings. The first-order chi connectivity index (χ1) is 9.63. The van der Waals surface area contributed by atoms with E-state index < -0.39 is 16.8 Å². The van der Waals surface area contributed by atoms with E-state index in [0.717, 1.165) is 10.9 Å². The summed E-state index contributed by atoms with van der Waals surface area (Å²) in [6, 6.07) is 7.35. The molecule has 0 amide bonds. The Morgan fingerprint density at radius 1 is 1.40 bits per heavy atom. The number of fused-ring (bicyclic) bond motifs is 1. The van der Waals surface area contributed by atoms with Crippen LogP contribution in [0.2, 0.25) is 0 Å². The maximum Gasteiger partial charge on any atom is 0.339 e. The average Bonchev–Trinajstić information content (AvgIpc) is 2.46. The minimum absolute atomic E-state index is 0.131. The molecule has 2 rings (SSSR count). The van der Waals surface area contributed by atoms with Crippen molar-refractivity contribution in [2.75, 3.05) is 23.4 Å². The lowest BCUT2D eigenvalue weighted by Gasteiger charge is -2.12. The summed E-state index contributed by atoms with van der Waals surface area (Å²) in [5, 5.41) is 13.1. The Labute approximate surface area is 119 Å². The summed E-state index contributed by atoms with van der Waals surface area (Å²) in [7, 11) is -0.877. The van der Waals surface area contributed by atoms with Crippen LogP contribution in [0.4, 0.5) is 5.69 Å². The summed E-state index contributed by atoms with van der Waals surface area (Å²) in [5.74, 6) is 0.0684. The maximum absolute atomic E-state index is 11.4. The lowest BCUT2D eigenvalue weighted by atomic mass is 10.1. The number of nitrogens with one attached hydrogen (secondary N) is 1. The fourth-order valence-corrected chi connectivity index (χ4v) is 2.55. The van der Waals surface area contributed by atoms with Crippen LogP contribution in [0, 0.1) is 0 Å². The molecule has 106 valence electrons. The van der Waals surface area contributed by atoms with Gasteiger partial charge in [-0.1, -0.05) is 25.1 Å². The Kier molecular flexibility index (Phi) is 4.68. The van der Waals surface area contributed by atoms with Crippen molar-refractivity contribution in [3.8, 4) is 0 Å². The number of hydrogen-bond donors (Lipinski definition) is 2. The van der Waals surface area contributed by atoms with Crippen molar-refractivity contribution in [2.24, 2.45) is 0 Å². The van der Waals surface area contributed by atoms with Gasteiger partial charge in [-0.2, -0.15) is 0 Å². The van der Waals surface area contributed by atoms with Crippen LogP contribution in [0.5, 0.6) is 0 Å². The van der Waals surface area contributed by atoms with E-state index in [2.05, 4.69) is 10.3 Å². The van der Waals surface area contributed by atoms with Crippen LogP contribution in [0.3, 0.4) is 0 Å². The molecule has 0 aliphatic carbocycles. The topological polar surface area (TPSA) is 79.3 Å². The van der Waals surface area contributed by atoms with E-state index in [-0.39, 0.29) is 5.56 Å². The van der Waals surface area contributed by atoms with Gasteiger partial charge in [-0.3, -0.25) is 9.19 Å². The minimum atomic E-state index is -1.03. The summed E-state index contributed by atoms with van der Waals surface area (Å²) in [6.07, 6.45) is 1.35. The van der Waals surface area contributed by atoms with E-state index >= 15 is 0 Å². The number of carboxylic acid groups (broad SMARTS) is 1. The Balaban J connectivity index is 2.34. The first-order valence-electron chi connectivity index (χ1n) is 6.33. The Hall–Kier alpha value is -1.95. The molecule has 1 heterocycles. The number of aromatic nitrogens is 1. The number of aromatic carboxylic acids is 1. The summed E-state index contributed by atoms with van der Waals surface area (Å²) < 4.78 is 11.4. The van der Waals surface area contributed by atoms with Crippen molar-refractivity contribution in [3.05, 3.63) is 36.0 Å². The van der Waals surface area contributed by atoms with Crippen molar-refractivity contribution in [1.82, 2.24) is 4.98 Å². The van der Waals surface area contributed by atoms with Crippen LogP contribution in [0.15, 0.2) is 30.5 Å². The van der Waals surface area contributed by atoms with Gasteiger partial charge in [-0.05, 0) is 6.07 Å². The van der Waals surface area contributed by atoms with E-state index in [1.807, 2.05) is 31.2 Å². The molecule has 1 unspecified atom stereocenters. The van der Waals surface area contributed by atoms with Gasteiger partial charge < -0.3 is 10.4 Å². The monoisotopic (exact) mass is 292 g/mol. The summed E-state index contributed by atoms with van der Waals surface area (Å²) >= 11 is 0. The second kappa shape index (κ2) is 6.47. The molecule has 2 aromatic rings. The van der Waals surface area contributed by atoms with Gasteiger partial charge in [0.2, 0.25) is 0 Å². The SMILES string of the molecule is CCS(=O)CCNc1c(C(=O)O)cnc2ccccc12. The zero-order valence-electron chi connectivity index (χ0n) is 11.1. The van der Waals surface area contributed by atoms with Gasteiger partial charge in [-0.25, -0.2) is 4.79 Å². The molecule has 1 aromatic carbocycles. The molecular weight excluding hydrogens is 276 g/mol. The number of anilines is 1. The Bertz CT molecular complexity index is 658. The van der Waals surface area contributed by atoms with E-state index in [0.29, 0.717) is 23.7 Å². The highest BCUT2D eigenvalue weighted by Gasteiger charge is 2.14. The largest absolute Gasteiger partial charge is 0.478 e. The van der Waals surface area contributed by atoms with Crippen molar-refractivity contribution < 1.29 is 14.1 Å². The predicted molar refractivity (Wildman–Crippen MR) is 80.7 cm³/mol. The lowest BCUT2D eigenvalue weighted by molar-refractivity contribution is 0.0697. The number of carbonyl (C=O) groups is 1. The molecule has 0 aliphatic heterocycles. The molecular formula is C14H16N2O3S. The zero-order chi connectivity index (χ0) is 14.5. The number of pyridine rings is 1. The van der Waals surface area contributed by atoms with E-state index in [1.165, 1.54) is 6.20 Å². The van der Waals surface area contributed by atoms with Gasteiger partial charge in [-0.15, -0.1) is 0 Å². The van der Waals surface area contributed by atoms with Gasteiger partial charge in [0.25, 0.3) is 0 Å². The molecule has 0 bridgehead atoms. The Morgan fingerprint density at radius 2 is 2.15 bits per heavy atom. The molecule has 1 atom stereocenters. The van der Waals surface area contributed by atoms with Gasteiger partial charge in [0, 0.05) is 40.4 Å². The third kappa shape index (κ3) is 3.14. The fourth-order valence-electron chi connectivity index (χ4n) is 1.93. The number of nitrogens with zero attached hydrogens (tertiary/aromatic N) is 1. The van der Waals surface area contributed by atoms with Crippen LogP contribution in [-0.4, -0.2) is 38.3 Å². The van der Waals surface area contributed by atoms with Crippen molar-refractivity contribution in [1.29, 1.82) is 0 Å². The number of para-hydroxylation sites is 1. The molecule has 0 spiro atoms. The van der Waals surface area contributed by atoms with Crippen LogP contribution in [0.1, 0.15) is 17.3 Å². The normalized spacial score (nSPS) is 12.2. The van der Waals surface area contributed by atoms with E-state index in [9.17, 15) is 14.1 Å². The second-order valence-electron chi connectivity index (χ2n) is 4.23. The number of hydrogen-bond acceptors (Lipinski definition) is 4. The minimum Gasteiger partial charge on any atom is -0.478 e. The number of rotatable bonds is 6. The molecule has 1 aromatic heterocycles. The molecule has 0 radical (unpaired) electrons. The second-order valence-corrected chi connectivity index (χ2v) is 6.09. The first kappa shape index (κ1) is 14.5. The number of carboxylic acids is 1. The lowest BCUT2D eigenvalue weighted by Crippen LogP contribution is -2.14. The molecule has 6 heteroatoms. The smallest absolute Gasteiger partial charge is 0.339 e. The zero-order valence-corrected chi connectivity index (χ0v) is 11.9. The third-order valence-electron chi connectivity index (χ3n) is 2.96. The summed E-state index contributed by atoms with van der Waals surface area (Å²) in [5.41, 5.74) is 1.40. The predicted octanol–water partition coefficient (Wildman–Crippen LogP) is 2.11. The standard InChI is InChI=1S/C14H16N2O3S/c1-2-20(19)8-7-15-13-10-5-3-4-6-12(10)16-9-11(13)14(17)18/h3-6,9H,2,7-8H2,1H3,(H,15,16)(H,17,18). The quantitative estimate of drug-likeness (QED) is 0.852. The van der Waals surface area contributed by atoms with Gasteiger partial charge >= 0.3 is 5.97 Å². The van der Waals surface area contributed by atoms with Crippen molar-refractivity contribution in [2.45, 2.75) is 6.92 Å². The molecule has 0 aliphatic rings. The van der Waals surface area contributed by atoms with Crippen molar-refractivity contribution in [3.63, 3.8) is 0 Å². The maximum atomic E-state index is 11.4. The van der Waals surface area contributed by atoms with Crippen LogP contribution in [-0.2, 0) is 10.8 Å². The third-order valence-corrected chi connectivity index (χ3v) is 4.26. The first-order valence-corrected chi connectivity index (χ1v) is 7.82. The number of benzene rings is 1. The van der Waals surface area contributed by atoms with Crippen LogP contribution >= 0.6 is 0 Å². The van der Waals surface area contributed by atoms with Crippen LogP contribution in [0.25, 0.3) is 10.9 Å². The van der Waals surface area contributed by atoms with E-state index in [4.69, 9.17) is 0 Å². The van der Waals surface area contributed by atoms with E-state index in [1.54, 1.807) is 0 Å². The highest BCUT2D eigenvalue weighted by molar-refractivity contribution is 7.84. The average molecular weight is 292 g/mol. The summed E-state index contributed by atoms with van der Waals surface area (Å²) in [6.45, 7) is 2.33. The van der Waals surface area contributed by atoms with Gasteiger partial charge in [0.05, 0.1) is 11.2 Å². The fraction of sp³-hybridized carbons (Fsp3) is 0.286. The Morgan fingerprint density at radius 3 is 2.85 bits per heavy atom. The van der Waals surface area contributed by atoms with Crippen LogP contribution < -0.4 is 5.32 Å². The molecule has 0 saturated heterocycles. The molecule has 20 heavy (non-hydrogen) atoms. The summed E-state index contributed by atoms with van der Waals surface area (Å²) in [4.78, 5) is 15.4. The highest BCUT2D eigenvalue weighted by Crippen LogP contribution is 2.25. The molecule has 0 saturated carbocycles. The molecule has 5 nitrogen and oxygen atoms in total. The van der Waals surface area contributed by atoms with Gasteiger partial charge in [0.15, 0.2) is 0 Å². The molecule has 2 N–H and O–H groups in total. The highest BCUT2D eigenvalue weighted by atomic mass is 32.2. The van der Waals surface area contributed by atoms with Crippen molar-refractivity contribution >= 4 is 33.4 Å². The van der Waals surface area contributed by atoms with Gasteiger partial charge in [0.1, 0.15) is 5.56 Å².